The molecule has 2 aromatic rings. The number of amides is 3. The molecular formula is C56H79B2N3O10. The van der Waals surface area contributed by atoms with Crippen molar-refractivity contribution in [2.75, 3.05) is 19.8 Å². The third kappa shape index (κ3) is 9.43. The Morgan fingerprint density at radius 1 is 0.662 bits per heavy atom. The third-order valence-electron chi connectivity index (χ3n) is 20.0. The number of benzene rings is 2. The lowest BCUT2D eigenvalue weighted by Gasteiger charge is -2.64. The SMILES string of the molecule is CC(C)(C)OC(=O)N1C[C@H]2C[C@H]2[C@H]1COC(=O)N[C@@H](Cc1ccccc1)B1O[C@@H]2C[C@@H]3C[C@@H](C3(C)C)[C@]2(C)O1.CC1(C)[C@@H]2C[C@H]3OB([C@H](Cc4ccccc4)NC(=O)OC[C@H]4CC[C@H]5C[C@@H]45)O[C@@]3(C)[C@H]1C2. The zero-order valence-electron chi connectivity index (χ0n) is 43.7. The molecule has 2 aromatic carbocycles. The molecule has 2 N–H and O–H groups in total. The molecule has 13 nitrogen and oxygen atoms in total. The number of hydrogen-bond donors (Lipinski definition) is 2. The minimum atomic E-state index is -0.567. The number of likely N-dealkylation sites (tertiary alicyclic amines) is 1. The molecule has 0 spiro atoms. The standard InChI is InChI=1S/C30H43BN2O6.C26H36BNO4/c1-28(2,3)37-27(35)33-16-19-13-21(19)22(33)17-36-26(34)32-25(12-18-10-8-7-9-11-18)31-38-24-15-20-14-23(29(20,4)5)30(24,6)39-31;1-25(2)19-13-21(25)26(3)22(14-19)31-27(32-26)23(11-16-7-5-4-6-8-16)28-24(29)30-15-18-10-9-17-12-20(17)18/h7-11,19-25H,12-17H2,1-6H3,(H,32,34);4-8,17-23H,9-15H2,1-3H3,(H,28,29)/t19-,20+,21-,22-,23+,24-,25+,30+;17-,18+,19-,20+,21-,22+,23-,26-/m10/s1. The van der Waals surface area contributed by atoms with Crippen LogP contribution in [0.25, 0.3) is 0 Å². The summed E-state index contributed by atoms with van der Waals surface area (Å²) in [6.45, 7) is 20.8. The van der Waals surface area contributed by atoms with Gasteiger partial charge in [0.05, 0.1) is 47.9 Å². The smallest absolute Gasteiger partial charge is 0.449 e. The monoisotopic (exact) mass is 976 g/mol. The van der Waals surface area contributed by atoms with E-state index in [2.05, 4.69) is 64.3 Å². The number of piperidine rings is 1. The van der Waals surface area contributed by atoms with Gasteiger partial charge in [0.15, 0.2) is 0 Å². The molecule has 4 bridgehead atoms. The first-order valence-corrected chi connectivity index (χ1v) is 27.3. The normalized spacial score (nSPS) is 38.6. The van der Waals surface area contributed by atoms with Crippen LogP contribution >= 0.6 is 0 Å². The quantitative estimate of drug-likeness (QED) is 0.156. The molecule has 15 heteroatoms. The third-order valence-corrected chi connectivity index (χ3v) is 20.0. The summed E-state index contributed by atoms with van der Waals surface area (Å²) in [7, 11) is -1.01. The Morgan fingerprint density at radius 2 is 1.15 bits per heavy atom. The Kier molecular flexibility index (Phi) is 12.7. The molecule has 12 aliphatic rings. The molecule has 14 rings (SSSR count). The maximum absolute atomic E-state index is 13.2. The summed E-state index contributed by atoms with van der Waals surface area (Å²) in [5.74, 6) is 4.71. The molecule has 12 fully saturated rings. The van der Waals surface area contributed by atoms with Crippen LogP contribution in [0.15, 0.2) is 60.7 Å². The molecule has 3 aliphatic heterocycles. The van der Waals surface area contributed by atoms with Crippen LogP contribution in [0, 0.1) is 64.1 Å². The van der Waals surface area contributed by atoms with Crippen molar-refractivity contribution >= 4 is 32.5 Å². The molecule has 3 amide bonds. The molecule has 0 unspecified atom stereocenters. The van der Waals surface area contributed by atoms with Crippen LogP contribution in [0.4, 0.5) is 14.4 Å². The van der Waals surface area contributed by atoms with E-state index >= 15 is 0 Å². The number of hydrogen-bond acceptors (Lipinski definition) is 10. The van der Waals surface area contributed by atoms with Gasteiger partial charge >= 0.3 is 32.5 Å². The molecule has 0 radical (unpaired) electrons. The van der Waals surface area contributed by atoms with E-state index in [1.165, 1.54) is 32.1 Å². The summed E-state index contributed by atoms with van der Waals surface area (Å²) >= 11 is 0. The number of rotatable bonds is 12. The molecule has 3 saturated heterocycles. The number of ether oxygens (including phenoxy) is 3. The number of carbonyl (C=O) groups excluding carboxylic acids is 3. The topological polar surface area (TPSA) is 143 Å². The average molecular weight is 976 g/mol. The highest BCUT2D eigenvalue weighted by molar-refractivity contribution is 6.48. The fourth-order valence-corrected chi connectivity index (χ4v) is 15.4. The lowest BCUT2D eigenvalue weighted by Crippen LogP contribution is -2.65. The zero-order chi connectivity index (χ0) is 49.8. The average Bonchev–Trinajstić information content (AvgIpc) is 4.07. The first-order valence-electron chi connectivity index (χ1n) is 27.3. The lowest BCUT2D eigenvalue weighted by atomic mass is 9.43. The molecular weight excluding hydrogens is 896 g/mol. The summed E-state index contributed by atoms with van der Waals surface area (Å²) in [4.78, 5) is 40.5. The summed E-state index contributed by atoms with van der Waals surface area (Å²) < 4.78 is 43.5. The molecule has 3 heterocycles. The van der Waals surface area contributed by atoms with E-state index in [1.54, 1.807) is 4.90 Å². The minimum absolute atomic E-state index is 0.0306. The fourth-order valence-electron chi connectivity index (χ4n) is 15.4. The molecule has 16 atom stereocenters. The van der Waals surface area contributed by atoms with Crippen molar-refractivity contribution in [1.29, 1.82) is 0 Å². The van der Waals surface area contributed by atoms with Gasteiger partial charge in [0.25, 0.3) is 0 Å². The first kappa shape index (κ1) is 49.4. The Bertz CT molecular complexity index is 2300. The van der Waals surface area contributed by atoms with Gasteiger partial charge in [-0.15, -0.1) is 0 Å². The van der Waals surface area contributed by atoms with E-state index in [-0.39, 0.29) is 59.6 Å². The van der Waals surface area contributed by atoms with Crippen LogP contribution in [0.5, 0.6) is 0 Å². The van der Waals surface area contributed by atoms with Crippen LogP contribution in [0.2, 0.25) is 0 Å². The van der Waals surface area contributed by atoms with Crippen LogP contribution < -0.4 is 10.6 Å². The molecule has 9 saturated carbocycles. The van der Waals surface area contributed by atoms with Gasteiger partial charge in [0.1, 0.15) is 12.2 Å². The van der Waals surface area contributed by atoms with E-state index in [0.717, 1.165) is 42.2 Å². The molecule has 384 valence electrons. The molecule has 71 heavy (non-hydrogen) atoms. The minimum Gasteiger partial charge on any atom is -0.449 e. The highest BCUT2D eigenvalue weighted by Crippen LogP contribution is 2.67. The second-order valence-electron chi connectivity index (χ2n) is 26.1. The highest BCUT2D eigenvalue weighted by Gasteiger charge is 2.70. The van der Waals surface area contributed by atoms with Crippen LogP contribution in [0.1, 0.15) is 125 Å². The lowest BCUT2D eigenvalue weighted by molar-refractivity contribution is -0.199. The maximum Gasteiger partial charge on any atom is 0.482 e. The van der Waals surface area contributed by atoms with Crippen LogP contribution in [-0.2, 0) is 45.7 Å². The van der Waals surface area contributed by atoms with E-state index in [0.29, 0.717) is 72.8 Å². The molecule has 9 aliphatic carbocycles. The Morgan fingerprint density at radius 3 is 1.61 bits per heavy atom. The van der Waals surface area contributed by atoms with Gasteiger partial charge in [-0.3, -0.25) is 0 Å². The number of nitrogens with zero attached hydrogens (tertiary/aromatic N) is 1. The predicted molar refractivity (Wildman–Crippen MR) is 270 cm³/mol. The van der Waals surface area contributed by atoms with Gasteiger partial charge in [-0.1, -0.05) is 88.4 Å². The number of nitrogens with one attached hydrogen (secondary N) is 2. The second kappa shape index (κ2) is 18.3. The summed E-state index contributed by atoms with van der Waals surface area (Å²) in [5, 5.41) is 6.20. The van der Waals surface area contributed by atoms with Gasteiger partial charge in [0.2, 0.25) is 0 Å². The highest BCUT2D eigenvalue weighted by atomic mass is 16.7. The van der Waals surface area contributed by atoms with Gasteiger partial charge < -0.3 is 48.4 Å². The second-order valence-corrected chi connectivity index (χ2v) is 26.1. The first-order chi connectivity index (χ1) is 33.7. The summed E-state index contributed by atoms with van der Waals surface area (Å²) in [5.41, 5.74) is 1.58. The van der Waals surface area contributed by atoms with E-state index in [9.17, 15) is 14.4 Å². The van der Waals surface area contributed by atoms with E-state index < -0.39 is 31.9 Å². The van der Waals surface area contributed by atoms with Gasteiger partial charge in [-0.2, -0.15) is 0 Å². The van der Waals surface area contributed by atoms with Crippen molar-refractivity contribution in [3.8, 4) is 0 Å². The predicted octanol–water partition coefficient (Wildman–Crippen LogP) is 9.48. The van der Waals surface area contributed by atoms with Crippen molar-refractivity contribution in [3.05, 3.63) is 71.8 Å². The zero-order valence-corrected chi connectivity index (χ0v) is 43.7. The van der Waals surface area contributed by atoms with Crippen molar-refractivity contribution < 1.29 is 47.2 Å². The summed E-state index contributed by atoms with van der Waals surface area (Å²) in [6.07, 6.45) is 9.49. The van der Waals surface area contributed by atoms with Crippen molar-refractivity contribution in [3.63, 3.8) is 0 Å². The fraction of sp³-hybridized carbons (Fsp3) is 0.732. The summed E-state index contributed by atoms with van der Waals surface area (Å²) in [6, 6.07) is 20.2. The van der Waals surface area contributed by atoms with Crippen molar-refractivity contribution in [1.82, 2.24) is 15.5 Å². The van der Waals surface area contributed by atoms with Gasteiger partial charge in [-0.25, -0.2) is 14.4 Å². The maximum atomic E-state index is 13.2. The number of carbonyl (C=O) groups is 3. The van der Waals surface area contributed by atoms with E-state index in [4.69, 9.17) is 32.8 Å². The Labute approximate surface area is 422 Å². The number of fused-ring (bicyclic) bond motifs is 2. The van der Waals surface area contributed by atoms with Gasteiger partial charge in [0, 0.05) is 6.54 Å². The van der Waals surface area contributed by atoms with Crippen LogP contribution in [-0.4, -0.2) is 104 Å². The largest absolute Gasteiger partial charge is 0.482 e. The Balaban J connectivity index is 0.000000157. The Hall–Kier alpha value is -3.78. The van der Waals surface area contributed by atoms with Crippen molar-refractivity contribution in [2.45, 2.75) is 173 Å². The van der Waals surface area contributed by atoms with Crippen LogP contribution in [0.3, 0.4) is 0 Å². The number of alkyl carbamates (subject to hydrolysis) is 2. The van der Waals surface area contributed by atoms with E-state index in [1.807, 2.05) is 69.3 Å². The van der Waals surface area contributed by atoms with Crippen molar-refractivity contribution in [2.24, 2.45) is 64.1 Å². The van der Waals surface area contributed by atoms with Gasteiger partial charge in [-0.05, 0) is 174 Å². The molecule has 0 aromatic heterocycles.